The normalized spacial score (nSPS) is 15.2. The van der Waals surface area contributed by atoms with Crippen molar-refractivity contribution in [3.05, 3.63) is 63.0 Å². The third kappa shape index (κ3) is 3.53. The Morgan fingerprint density at radius 2 is 2.07 bits per heavy atom. The first-order chi connectivity index (χ1) is 14.6. The summed E-state index contributed by atoms with van der Waals surface area (Å²) in [6.07, 6.45) is 5.21. The Bertz CT molecular complexity index is 1390. The smallest absolute Gasteiger partial charge is 0.326 e. The van der Waals surface area contributed by atoms with Gasteiger partial charge in [0.2, 0.25) is 11.8 Å². The van der Waals surface area contributed by atoms with E-state index in [1.807, 2.05) is 24.3 Å². The van der Waals surface area contributed by atoms with E-state index in [4.69, 9.17) is 5.73 Å². The summed E-state index contributed by atoms with van der Waals surface area (Å²) in [4.78, 5) is 30.0. The molecule has 152 valence electrons. The molecule has 1 saturated carbocycles. The summed E-state index contributed by atoms with van der Waals surface area (Å²) < 4.78 is 1.55. The molecule has 11 nitrogen and oxygen atoms in total. The monoisotopic (exact) mass is 405 g/mol. The Hall–Kier alpha value is -3.99. The quantitative estimate of drug-likeness (QED) is 0.303. The minimum absolute atomic E-state index is 0.237. The van der Waals surface area contributed by atoms with Crippen molar-refractivity contribution >= 4 is 23.4 Å². The van der Waals surface area contributed by atoms with E-state index in [0.717, 1.165) is 24.1 Å². The first-order valence-corrected chi connectivity index (χ1v) is 9.48. The molecule has 3 aromatic heterocycles. The maximum Gasteiger partial charge on any atom is 0.326 e. The number of aromatic hydroxyl groups is 1. The number of aromatic nitrogens is 6. The van der Waals surface area contributed by atoms with Crippen LogP contribution in [0.25, 0.3) is 11.7 Å². The summed E-state index contributed by atoms with van der Waals surface area (Å²) in [5.41, 5.74) is 8.16. The van der Waals surface area contributed by atoms with Crippen LogP contribution in [0.4, 0.5) is 11.6 Å². The molecule has 0 aliphatic heterocycles. The predicted molar refractivity (Wildman–Crippen MR) is 109 cm³/mol. The first-order valence-electron chi connectivity index (χ1n) is 9.48. The fraction of sp³-hybridized carbons (Fsp3) is 0.211. The van der Waals surface area contributed by atoms with Crippen LogP contribution in [0.2, 0.25) is 0 Å². The highest BCUT2D eigenvalue weighted by atomic mass is 16.3. The largest absolute Gasteiger partial charge is 0.493 e. The summed E-state index contributed by atoms with van der Waals surface area (Å²) in [5.74, 6) is 0.110. The van der Waals surface area contributed by atoms with E-state index in [2.05, 4.69) is 35.3 Å². The van der Waals surface area contributed by atoms with Gasteiger partial charge in [-0.3, -0.25) is 4.98 Å². The van der Waals surface area contributed by atoms with Gasteiger partial charge in [0.05, 0.1) is 12.2 Å². The number of nitrogens with one attached hydrogen (secondary N) is 3. The van der Waals surface area contributed by atoms with Gasteiger partial charge in [0.25, 0.3) is 5.62 Å². The number of hydrogen-bond acceptors (Lipinski definition) is 8. The van der Waals surface area contributed by atoms with Gasteiger partial charge in [0, 0.05) is 17.5 Å². The third-order valence-corrected chi connectivity index (χ3v) is 4.70. The number of benzene rings is 1. The van der Waals surface area contributed by atoms with Gasteiger partial charge in [-0.1, -0.05) is 12.1 Å². The SMILES string of the molecule is NCc1ccc(Nc2nc(=NC3CC3)n3nc/c(=C/c4[nH]c(=O)[nH]c4O)c3n2)cc1. The van der Waals surface area contributed by atoms with Crippen molar-refractivity contribution < 1.29 is 5.11 Å². The number of rotatable bonds is 5. The van der Waals surface area contributed by atoms with Crippen molar-refractivity contribution in [3.63, 3.8) is 0 Å². The van der Waals surface area contributed by atoms with Crippen molar-refractivity contribution in [1.82, 2.24) is 29.5 Å². The second-order valence-corrected chi connectivity index (χ2v) is 7.05. The van der Waals surface area contributed by atoms with E-state index in [0.29, 0.717) is 29.0 Å². The maximum absolute atomic E-state index is 11.4. The third-order valence-electron chi connectivity index (χ3n) is 4.70. The molecule has 0 unspecified atom stereocenters. The second-order valence-electron chi connectivity index (χ2n) is 7.05. The number of anilines is 2. The molecule has 1 aliphatic rings. The lowest BCUT2D eigenvalue weighted by molar-refractivity contribution is 0.454. The predicted octanol–water partition coefficient (Wildman–Crippen LogP) is -0.341. The average molecular weight is 405 g/mol. The number of nitrogens with two attached hydrogens (primary N) is 1. The van der Waals surface area contributed by atoms with Crippen LogP contribution < -0.4 is 27.6 Å². The van der Waals surface area contributed by atoms with Crippen molar-refractivity contribution in [2.45, 2.75) is 25.4 Å². The van der Waals surface area contributed by atoms with Crippen LogP contribution in [-0.4, -0.2) is 40.7 Å². The van der Waals surface area contributed by atoms with Gasteiger partial charge in [-0.2, -0.15) is 19.6 Å². The van der Waals surface area contributed by atoms with Crippen molar-refractivity contribution in [3.8, 4) is 5.88 Å². The van der Waals surface area contributed by atoms with Gasteiger partial charge >= 0.3 is 5.69 Å². The van der Waals surface area contributed by atoms with Crippen LogP contribution in [0.5, 0.6) is 5.88 Å². The molecule has 5 rings (SSSR count). The lowest BCUT2D eigenvalue weighted by Gasteiger charge is -2.06. The van der Waals surface area contributed by atoms with E-state index >= 15 is 0 Å². The number of H-pyrrole nitrogens is 2. The van der Waals surface area contributed by atoms with Crippen molar-refractivity contribution in [2.75, 3.05) is 5.32 Å². The van der Waals surface area contributed by atoms with Gasteiger partial charge in [0.15, 0.2) is 5.65 Å². The fourth-order valence-corrected chi connectivity index (χ4v) is 2.99. The van der Waals surface area contributed by atoms with E-state index in [1.165, 1.54) is 0 Å². The zero-order valence-electron chi connectivity index (χ0n) is 15.8. The molecule has 1 fully saturated rings. The molecule has 0 spiro atoms. The summed E-state index contributed by atoms with van der Waals surface area (Å²) in [6, 6.07) is 7.90. The molecule has 0 amide bonds. The number of aromatic amines is 2. The van der Waals surface area contributed by atoms with Crippen molar-refractivity contribution in [1.29, 1.82) is 0 Å². The lowest BCUT2D eigenvalue weighted by atomic mass is 10.2. The zero-order valence-corrected chi connectivity index (χ0v) is 15.8. The second kappa shape index (κ2) is 7.12. The van der Waals surface area contributed by atoms with Crippen LogP contribution in [0.15, 0.2) is 40.2 Å². The highest BCUT2D eigenvalue weighted by Crippen LogP contribution is 2.22. The van der Waals surface area contributed by atoms with Crippen LogP contribution in [-0.2, 0) is 6.54 Å². The minimum atomic E-state index is -0.502. The standard InChI is InChI=1S/C19H19N9O2/c20-8-10-1-3-12(4-2-10)22-17-25-15-11(7-14-16(29)26-19(30)24-14)9-21-28(15)18(27-17)23-13-5-6-13/h1-4,7,9,13,29H,5-6,8,20H2,(H,22,23,27)(H2,24,26,30)/b11-7-. The van der Waals surface area contributed by atoms with Gasteiger partial charge < -0.3 is 21.1 Å². The van der Waals surface area contributed by atoms with Crippen LogP contribution in [0.3, 0.4) is 0 Å². The fourth-order valence-electron chi connectivity index (χ4n) is 2.99. The van der Waals surface area contributed by atoms with E-state index < -0.39 is 5.69 Å². The van der Waals surface area contributed by atoms with Gasteiger partial charge in [-0.25, -0.2) is 9.79 Å². The van der Waals surface area contributed by atoms with Crippen LogP contribution in [0.1, 0.15) is 24.1 Å². The average Bonchev–Trinajstić information content (AvgIpc) is 3.37. The molecule has 0 saturated heterocycles. The molecule has 4 aromatic rings. The van der Waals surface area contributed by atoms with E-state index in [1.54, 1.807) is 16.8 Å². The number of nitrogens with zero attached hydrogens (tertiary/aromatic N) is 5. The van der Waals surface area contributed by atoms with Gasteiger partial charge in [0.1, 0.15) is 5.69 Å². The molecular formula is C19H19N9O2. The van der Waals surface area contributed by atoms with Gasteiger partial charge in [-0.15, -0.1) is 0 Å². The topological polar surface area (TPSA) is 162 Å². The van der Waals surface area contributed by atoms with Crippen molar-refractivity contribution in [2.24, 2.45) is 10.7 Å². The molecule has 0 atom stereocenters. The van der Waals surface area contributed by atoms with Gasteiger partial charge in [-0.05, 0) is 36.6 Å². The molecular weight excluding hydrogens is 386 g/mol. The zero-order chi connectivity index (χ0) is 20.7. The Balaban J connectivity index is 1.64. The Morgan fingerprint density at radius 1 is 1.27 bits per heavy atom. The number of hydrogen-bond donors (Lipinski definition) is 5. The van der Waals surface area contributed by atoms with E-state index in [9.17, 15) is 9.90 Å². The Labute approximate surface area is 169 Å². The molecule has 1 aliphatic carbocycles. The summed E-state index contributed by atoms with van der Waals surface area (Å²) >= 11 is 0. The van der Waals surface area contributed by atoms with E-state index in [-0.39, 0.29) is 17.6 Å². The highest BCUT2D eigenvalue weighted by Gasteiger charge is 2.21. The van der Waals surface area contributed by atoms with Crippen LogP contribution in [0, 0.1) is 0 Å². The molecule has 11 heteroatoms. The summed E-state index contributed by atoms with van der Waals surface area (Å²) in [6.45, 7) is 0.469. The maximum atomic E-state index is 11.4. The minimum Gasteiger partial charge on any atom is -0.493 e. The lowest BCUT2D eigenvalue weighted by Crippen LogP contribution is -2.24. The first kappa shape index (κ1) is 18.1. The number of imidazole rings is 1. The molecule has 0 bridgehead atoms. The van der Waals surface area contributed by atoms with Crippen LogP contribution >= 0.6 is 0 Å². The Morgan fingerprint density at radius 3 is 2.73 bits per heavy atom. The Kier molecular flexibility index (Phi) is 4.29. The molecule has 0 radical (unpaired) electrons. The summed E-state index contributed by atoms with van der Waals surface area (Å²) in [7, 11) is 0. The summed E-state index contributed by atoms with van der Waals surface area (Å²) in [5, 5.41) is 18.0. The highest BCUT2D eigenvalue weighted by molar-refractivity contribution is 5.59. The molecule has 3 heterocycles. The molecule has 6 N–H and O–H groups in total. The molecule has 1 aromatic carbocycles. The molecule has 30 heavy (non-hydrogen) atoms. The number of fused-ring (bicyclic) bond motifs is 1.